The molecule has 0 unspecified atom stereocenters. The third-order valence-corrected chi connectivity index (χ3v) is 3.24. The Bertz CT molecular complexity index is 618. The van der Waals surface area contributed by atoms with E-state index in [1.807, 2.05) is 24.3 Å². The summed E-state index contributed by atoms with van der Waals surface area (Å²) in [5, 5.41) is 2.66. The molecule has 19 heavy (non-hydrogen) atoms. The lowest BCUT2D eigenvalue weighted by atomic mass is 10.1. The van der Waals surface area contributed by atoms with Crippen LogP contribution in [0, 0.1) is 5.82 Å². The summed E-state index contributed by atoms with van der Waals surface area (Å²) in [7, 11) is 0. The fraction of sp³-hybridized carbons (Fsp3) is 0.0714. The molecule has 0 aromatic heterocycles. The van der Waals surface area contributed by atoms with E-state index < -0.39 is 5.82 Å². The molecule has 0 bridgehead atoms. The van der Waals surface area contributed by atoms with Gasteiger partial charge >= 0.3 is 0 Å². The highest BCUT2D eigenvalue weighted by atomic mass is 79.9. The maximum Gasteiger partial charge on any atom is 0.228 e. The number of hydrogen-bond donors (Lipinski definition) is 1. The summed E-state index contributed by atoms with van der Waals surface area (Å²) in [6.07, 6.45) is 0.244. The van der Waals surface area contributed by atoms with Crippen molar-refractivity contribution in [2.24, 2.45) is 0 Å². The van der Waals surface area contributed by atoms with Gasteiger partial charge in [0.2, 0.25) is 5.91 Å². The number of nitrogens with one attached hydrogen (secondary N) is 1. The Balaban J connectivity index is 2.03. The van der Waals surface area contributed by atoms with E-state index in [1.54, 1.807) is 0 Å². The molecule has 2 aromatic rings. The van der Waals surface area contributed by atoms with Crippen molar-refractivity contribution in [3.8, 4) is 0 Å². The minimum atomic E-state index is -0.508. The predicted molar refractivity (Wildman–Crippen MR) is 77.9 cm³/mol. The zero-order chi connectivity index (χ0) is 13.8. The van der Waals surface area contributed by atoms with Crippen molar-refractivity contribution < 1.29 is 9.18 Å². The van der Waals surface area contributed by atoms with Gasteiger partial charge in [-0.3, -0.25) is 4.79 Å². The fourth-order valence-electron chi connectivity index (χ4n) is 1.61. The first-order valence-corrected chi connectivity index (χ1v) is 6.71. The van der Waals surface area contributed by atoms with E-state index in [0.29, 0.717) is 5.69 Å². The number of carbonyl (C=O) groups is 1. The first-order chi connectivity index (χ1) is 9.04. The van der Waals surface area contributed by atoms with Gasteiger partial charge in [-0.2, -0.15) is 0 Å². The average molecular weight is 343 g/mol. The third kappa shape index (κ3) is 4.04. The maximum absolute atomic E-state index is 13.0. The van der Waals surface area contributed by atoms with Crippen LogP contribution < -0.4 is 5.32 Å². The molecule has 0 saturated carbocycles. The highest BCUT2D eigenvalue weighted by molar-refractivity contribution is 9.10. The zero-order valence-electron chi connectivity index (χ0n) is 9.79. The van der Waals surface area contributed by atoms with Crippen LogP contribution in [-0.4, -0.2) is 5.91 Å². The lowest BCUT2D eigenvalue weighted by molar-refractivity contribution is -0.115. The first kappa shape index (κ1) is 14.0. The third-order valence-electron chi connectivity index (χ3n) is 2.46. The van der Waals surface area contributed by atoms with Gasteiger partial charge in [0, 0.05) is 10.2 Å². The van der Waals surface area contributed by atoms with Gasteiger partial charge in [-0.05, 0) is 35.9 Å². The molecule has 0 aliphatic carbocycles. The first-order valence-electron chi connectivity index (χ1n) is 5.54. The van der Waals surface area contributed by atoms with Crippen LogP contribution in [0.3, 0.4) is 0 Å². The van der Waals surface area contributed by atoms with E-state index in [1.165, 1.54) is 18.2 Å². The Hall–Kier alpha value is -1.39. The van der Waals surface area contributed by atoms with Crippen LogP contribution in [0.5, 0.6) is 0 Å². The summed E-state index contributed by atoms with van der Waals surface area (Å²) in [4.78, 5) is 11.8. The summed E-state index contributed by atoms with van der Waals surface area (Å²) in [6.45, 7) is 0. The van der Waals surface area contributed by atoms with Gasteiger partial charge in [0.1, 0.15) is 5.82 Å². The van der Waals surface area contributed by atoms with E-state index in [4.69, 9.17) is 11.6 Å². The van der Waals surface area contributed by atoms with Crippen molar-refractivity contribution in [2.45, 2.75) is 6.42 Å². The molecule has 2 rings (SSSR count). The quantitative estimate of drug-likeness (QED) is 0.879. The Morgan fingerprint density at radius 2 is 2.05 bits per heavy atom. The van der Waals surface area contributed by atoms with Crippen LogP contribution >= 0.6 is 27.5 Å². The van der Waals surface area contributed by atoms with Crippen molar-refractivity contribution in [2.75, 3.05) is 5.32 Å². The van der Waals surface area contributed by atoms with Gasteiger partial charge in [-0.1, -0.05) is 39.7 Å². The topological polar surface area (TPSA) is 29.1 Å². The lowest BCUT2D eigenvalue weighted by Gasteiger charge is -2.06. The summed E-state index contributed by atoms with van der Waals surface area (Å²) < 4.78 is 13.9. The van der Waals surface area contributed by atoms with Gasteiger partial charge < -0.3 is 5.32 Å². The summed E-state index contributed by atoms with van der Waals surface area (Å²) in [5.41, 5.74) is 1.37. The Morgan fingerprint density at radius 3 is 2.74 bits per heavy atom. The molecule has 2 nitrogen and oxygen atoms in total. The Kier molecular flexibility index (Phi) is 4.56. The van der Waals surface area contributed by atoms with E-state index in [0.717, 1.165) is 10.0 Å². The number of carbonyl (C=O) groups excluding carboxylic acids is 1. The molecule has 0 fully saturated rings. The molecule has 2 aromatic carbocycles. The standard InChI is InChI=1S/C14H10BrClFNO/c15-10-3-1-2-9(6-10)7-14(19)18-11-4-5-13(17)12(16)8-11/h1-6,8H,7H2,(H,18,19). The molecule has 0 heterocycles. The van der Waals surface area contributed by atoms with Gasteiger partial charge in [0.05, 0.1) is 11.4 Å². The average Bonchev–Trinajstić information content (AvgIpc) is 2.34. The summed E-state index contributed by atoms with van der Waals surface area (Å²) in [6, 6.07) is 11.6. The Morgan fingerprint density at radius 1 is 1.26 bits per heavy atom. The largest absolute Gasteiger partial charge is 0.326 e. The molecule has 5 heteroatoms. The molecule has 0 atom stereocenters. The van der Waals surface area contributed by atoms with Crippen molar-refractivity contribution in [3.63, 3.8) is 0 Å². The number of hydrogen-bond acceptors (Lipinski definition) is 1. The van der Waals surface area contributed by atoms with Gasteiger partial charge in [-0.25, -0.2) is 4.39 Å². The summed E-state index contributed by atoms with van der Waals surface area (Å²) in [5.74, 6) is -0.688. The number of rotatable bonds is 3. The van der Waals surface area contributed by atoms with Gasteiger partial charge in [0.25, 0.3) is 0 Å². The molecule has 0 saturated heterocycles. The minimum Gasteiger partial charge on any atom is -0.326 e. The van der Waals surface area contributed by atoms with Crippen molar-refractivity contribution in [1.29, 1.82) is 0 Å². The van der Waals surface area contributed by atoms with Crippen LogP contribution in [0.2, 0.25) is 5.02 Å². The molecule has 0 radical (unpaired) electrons. The highest BCUT2D eigenvalue weighted by Gasteiger charge is 2.06. The SMILES string of the molecule is O=C(Cc1cccc(Br)c1)Nc1ccc(F)c(Cl)c1. The second-order valence-corrected chi connectivity index (χ2v) is 5.31. The lowest BCUT2D eigenvalue weighted by Crippen LogP contribution is -2.14. The molecule has 0 aliphatic rings. The van der Waals surface area contributed by atoms with Gasteiger partial charge in [0.15, 0.2) is 0 Å². The molecule has 1 N–H and O–H groups in total. The van der Waals surface area contributed by atoms with E-state index in [-0.39, 0.29) is 17.4 Å². The number of amides is 1. The minimum absolute atomic E-state index is 0.0137. The number of benzene rings is 2. The Labute approximate surface area is 123 Å². The van der Waals surface area contributed by atoms with E-state index >= 15 is 0 Å². The predicted octanol–water partition coefficient (Wildman–Crippen LogP) is 4.42. The second kappa shape index (κ2) is 6.17. The van der Waals surface area contributed by atoms with Crippen molar-refractivity contribution in [1.82, 2.24) is 0 Å². The van der Waals surface area contributed by atoms with Crippen LogP contribution in [-0.2, 0) is 11.2 Å². The normalized spacial score (nSPS) is 10.3. The maximum atomic E-state index is 13.0. The highest BCUT2D eigenvalue weighted by Crippen LogP contribution is 2.19. The smallest absolute Gasteiger partial charge is 0.228 e. The van der Waals surface area contributed by atoms with Crippen molar-refractivity contribution in [3.05, 3.63) is 63.3 Å². The molecule has 98 valence electrons. The molecule has 0 aliphatic heterocycles. The van der Waals surface area contributed by atoms with Crippen LogP contribution in [0.4, 0.5) is 10.1 Å². The van der Waals surface area contributed by atoms with Crippen LogP contribution in [0.25, 0.3) is 0 Å². The van der Waals surface area contributed by atoms with Crippen molar-refractivity contribution >= 4 is 39.1 Å². The zero-order valence-corrected chi connectivity index (χ0v) is 12.1. The van der Waals surface area contributed by atoms with E-state index in [2.05, 4.69) is 21.2 Å². The second-order valence-electron chi connectivity index (χ2n) is 3.98. The number of anilines is 1. The molecular weight excluding hydrogens is 333 g/mol. The molecular formula is C14H10BrClFNO. The number of halogens is 3. The van der Waals surface area contributed by atoms with Gasteiger partial charge in [-0.15, -0.1) is 0 Å². The summed E-state index contributed by atoms with van der Waals surface area (Å²) >= 11 is 8.99. The molecule has 1 amide bonds. The molecule has 0 spiro atoms. The van der Waals surface area contributed by atoms with Crippen LogP contribution in [0.1, 0.15) is 5.56 Å². The monoisotopic (exact) mass is 341 g/mol. The van der Waals surface area contributed by atoms with E-state index in [9.17, 15) is 9.18 Å². The van der Waals surface area contributed by atoms with Crippen LogP contribution in [0.15, 0.2) is 46.9 Å². The fourth-order valence-corrected chi connectivity index (χ4v) is 2.24.